The molecule has 14 heavy (non-hydrogen) atoms. The van der Waals surface area contributed by atoms with E-state index in [9.17, 15) is 4.79 Å². The molecule has 1 heterocycles. The fourth-order valence-corrected chi connectivity index (χ4v) is 1.50. The van der Waals surface area contributed by atoms with Crippen LogP contribution in [0.3, 0.4) is 0 Å². The van der Waals surface area contributed by atoms with Gasteiger partial charge in [-0.05, 0) is 30.9 Å². The zero-order valence-electron chi connectivity index (χ0n) is 7.68. The van der Waals surface area contributed by atoms with Gasteiger partial charge < -0.3 is 0 Å². The zero-order chi connectivity index (χ0) is 9.97. The maximum atomic E-state index is 11.8. The van der Waals surface area contributed by atoms with E-state index in [1.807, 2.05) is 0 Å². The number of carbonyl (C=O) groups excluding carboxylic acids is 1. The van der Waals surface area contributed by atoms with Gasteiger partial charge in [0.2, 0.25) is 0 Å². The monoisotopic (exact) mass is 186 g/mol. The predicted octanol–water partition coefficient (Wildman–Crippen LogP) is 1.81. The van der Waals surface area contributed by atoms with Crippen LogP contribution in [0, 0.1) is 23.2 Å². The molecule has 3 nitrogen and oxygen atoms in total. The Morgan fingerprint density at radius 3 is 2.64 bits per heavy atom. The Morgan fingerprint density at radius 1 is 1.50 bits per heavy atom. The van der Waals surface area contributed by atoms with Gasteiger partial charge in [0, 0.05) is 18.0 Å². The standard InChI is InChI=1S/C11H10N2O/c12-7-10(8-1-2-8)11(14)9-3-5-13-6-4-9/h3-6,8,10H,1-2H2. The average Bonchev–Trinajstić information content (AvgIpc) is 3.04. The van der Waals surface area contributed by atoms with Crippen molar-refractivity contribution in [3.8, 4) is 6.07 Å². The molecule has 1 unspecified atom stereocenters. The van der Waals surface area contributed by atoms with Gasteiger partial charge in [-0.3, -0.25) is 9.78 Å². The van der Waals surface area contributed by atoms with Gasteiger partial charge in [-0.2, -0.15) is 5.26 Å². The van der Waals surface area contributed by atoms with Crippen LogP contribution < -0.4 is 0 Å². The van der Waals surface area contributed by atoms with Crippen molar-refractivity contribution < 1.29 is 4.79 Å². The highest BCUT2D eigenvalue weighted by Crippen LogP contribution is 2.37. The first-order valence-electron chi connectivity index (χ1n) is 4.67. The summed E-state index contributed by atoms with van der Waals surface area (Å²) in [6, 6.07) is 5.42. The second-order valence-corrected chi connectivity index (χ2v) is 3.54. The number of hydrogen-bond donors (Lipinski definition) is 0. The number of aromatic nitrogens is 1. The lowest BCUT2D eigenvalue weighted by Crippen LogP contribution is -2.14. The molecule has 0 radical (unpaired) electrons. The molecule has 1 aliphatic rings. The minimum absolute atomic E-state index is 0.0580. The molecule has 2 rings (SSSR count). The highest BCUT2D eigenvalue weighted by Gasteiger charge is 2.36. The highest BCUT2D eigenvalue weighted by molar-refractivity contribution is 5.99. The number of rotatable bonds is 3. The van der Waals surface area contributed by atoms with Crippen LogP contribution in [0.4, 0.5) is 0 Å². The fraction of sp³-hybridized carbons (Fsp3) is 0.364. The van der Waals surface area contributed by atoms with Gasteiger partial charge in [0.1, 0.15) is 5.92 Å². The Labute approximate surface area is 82.4 Å². The number of ketones is 1. The molecule has 0 amide bonds. The van der Waals surface area contributed by atoms with E-state index in [4.69, 9.17) is 5.26 Å². The minimum atomic E-state index is -0.447. The van der Waals surface area contributed by atoms with E-state index in [0.717, 1.165) is 12.8 Å². The number of pyridine rings is 1. The van der Waals surface area contributed by atoms with Gasteiger partial charge in [-0.1, -0.05) is 0 Å². The van der Waals surface area contributed by atoms with Crippen molar-refractivity contribution >= 4 is 5.78 Å². The van der Waals surface area contributed by atoms with Gasteiger partial charge in [-0.25, -0.2) is 0 Å². The van der Waals surface area contributed by atoms with Crippen LogP contribution in [0.25, 0.3) is 0 Å². The number of nitriles is 1. The largest absolute Gasteiger partial charge is 0.293 e. The molecule has 1 aliphatic carbocycles. The summed E-state index contributed by atoms with van der Waals surface area (Å²) in [4.78, 5) is 15.6. The normalized spacial score (nSPS) is 17.1. The summed E-state index contributed by atoms with van der Waals surface area (Å²) in [5, 5.41) is 8.88. The van der Waals surface area contributed by atoms with Crippen LogP contribution in [0.5, 0.6) is 0 Å². The maximum Gasteiger partial charge on any atom is 0.180 e. The van der Waals surface area contributed by atoms with Crippen LogP contribution in [-0.4, -0.2) is 10.8 Å². The fourth-order valence-electron chi connectivity index (χ4n) is 1.50. The first kappa shape index (κ1) is 8.89. The second kappa shape index (κ2) is 3.59. The van der Waals surface area contributed by atoms with Crippen LogP contribution in [0.15, 0.2) is 24.5 Å². The molecule has 1 saturated carbocycles. The summed E-state index contributed by atoms with van der Waals surface area (Å²) in [6.45, 7) is 0. The number of carbonyl (C=O) groups is 1. The molecule has 1 aromatic rings. The van der Waals surface area contributed by atoms with Gasteiger partial charge in [-0.15, -0.1) is 0 Å². The van der Waals surface area contributed by atoms with E-state index >= 15 is 0 Å². The van der Waals surface area contributed by atoms with Crippen molar-refractivity contribution in [1.29, 1.82) is 5.26 Å². The Balaban J connectivity index is 2.19. The van der Waals surface area contributed by atoms with Crippen molar-refractivity contribution in [3.05, 3.63) is 30.1 Å². The minimum Gasteiger partial charge on any atom is -0.293 e. The number of nitrogens with zero attached hydrogens (tertiary/aromatic N) is 2. The van der Waals surface area contributed by atoms with Crippen LogP contribution in [-0.2, 0) is 0 Å². The van der Waals surface area contributed by atoms with Crippen molar-refractivity contribution in [2.45, 2.75) is 12.8 Å². The molecular formula is C11H10N2O. The zero-order valence-corrected chi connectivity index (χ0v) is 7.68. The molecule has 0 aromatic carbocycles. The first-order valence-corrected chi connectivity index (χ1v) is 4.67. The van der Waals surface area contributed by atoms with E-state index in [2.05, 4.69) is 11.1 Å². The summed E-state index contributed by atoms with van der Waals surface area (Å²) in [6.07, 6.45) is 5.17. The van der Waals surface area contributed by atoms with Gasteiger partial charge in [0.05, 0.1) is 6.07 Å². The molecular weight excluding hydrogens is 176 g/mol. The Kier molecular flexibility index (Phi) is 2.28. The summed E-state index contributed by atoms with van der Waals surface area (Å²) >= 11 is 0. The van der Waals surface area contributed by atoms with E-state index in [-0.39, 0.29) is 5.78 Å². The number of Topliss-reactive ketones (excluding diaryl/α,β-unsaturated/α-hetero) is 1. The van der Waals surface area contributed by atoms with E-state index < -0.39 is 5.92 Å². The molecule has 1 fully saturated rings. The van der Waals surface area contributed by atoms with Crippen molar-refractivity contribution in [2.75, 3.05) is 0 Å². The van der Waals surface area contributed by atoms with Crippen LogP contribution in [0.2, 0.25) is 0 Å². The maximum absolute atomic E-state index is 11.8. The van der Waals surface area contributed by atoms with Crippen LogP contribution in [0.1, 0.15) is 23.2 Å². The van der Waals surface area contributed by atoms with E-state index in [0.29, 0.717) is 11.5 Å². The SMILES string of the molecule is N#CC(C(=O)c1ccncc1)C1CC1. The van der Waals surface area contributed by atoms with E-state index in [1.54, 1.807) is 24.5 Å². The Hall–Kier alpha value is -1.69. The molecule has 0 spiro atoms. The lowest BCUT2D eigenvalue weighted by atomic mass is 9.95. The Morgan fingerprint density at radius 2 is 2.14 bits per heavy atom. The third-order valence-corrected chi connectivity index (χ3v) is 2.48. The van der Waals surface area contributed by atoms with Crippen LogP contribution >= 0.6 is 0 Å². The molecule has 3 heteroatoms. The molecule has 1 atom stereocenters. The van der Waals surface area contributed by atoms with Crippen molar-refractivity contribution in [3.63, 3.8) is 0 Å². The molecule has 0 N–H and O–H groups in total. The highest BCUT2D eigenvalue weighted by atomic mass is 16.1. The third kappa shape index (κ3) is 1.64. The quantitative estimate of drug-likeness (QED) is 0.676. The topological polar surface area (TPSA) is 53.8 Å². The van der Waals surface area contributed by atoms with Gasteiger partial charge in [0.15, 0.2) is 5.78 Å². The first-order chi connectivity index (χ1) is 6.83. The third-order valence-electron chi connectivity index (χ3n) is 2.48. The van der Waals surface area contributed by atoms with E-state index in [1.165, 1.54) is 0 Å². The average molecular weight is 186 g/mol. The summed E-state index contributed by atoms with van der Waals surface area (Å²) in [5.41, 5.74) is 0.596. The lowest BCUT2D eigenvalue weighted by Gasteiger charge is -2.05. The molecule has 0 saturated heterocycles. The lowest BCUT2D eigenvalue weighted by molar-refractivity contribution is 0.0937. The Bertz CT molecular complexity index is 376. The summed E-state index contributed by atoms with van der Waals surface area (Å²) < 4.78 is 0. The van der Waals surface area contributed by atoms with Gasteiger partial charge >= 0.3 is 0 Å². The van der Waals surface area contributed by atoms with Gasteiger partial charge in [0.25, 0.3) is 0 Å². The molecule has 0 bridgehead atoms. The molecule has 0 aliphatic heterocycles. The molecule has 70 valence electrons. The van der Waals surface area contributed by atoms with Crippen molar-refractivity contribution in [1.82, 2.24) is 4.98 Å². The van der Waals surface area contributed by atoms with Crippen molar-refractivity contribution in [2.24, 2.45) is 11.8 Å². The number of hydrogen-bond acceptors (Lipinski definition) is 3. The molecule has 1 aromatic heterocycles. The smallest absolute Gasteiger partial charge is 0.180 e. The second-order valence-electron chi connectivity index (χ2n) is 3.54. The summed E-state index contributed by atoms with van der Waals surface area (Å²) in [5.74, 6) is -0.213. The summed E-state index contributed by atoms with van der Waals surface area (Å²) in [7, 11) is 0. The predicted molar refractivity (Wildman–Crippen MR) is 50.4 cm³/mol.